The van der Waals surface area contributed by atoms with Crippen molar-refractivity contribution in [1.29, 1.82) is 5.26 Å². The number of benzene rings is 3. The number of carbonyl (C=O) groups excluding carboxylic acids is 1. The highest BCUT2D eigenvalue weighted by molar-refractivity contribution is 7.99. The number of rotatable bonds is 7. The molecule has 8 heteroatoms. The summed E-state index contributed by atoms with van der Waals surface area (Å²) in [5.74, 6) is 0.584. The molecule has 0 saturated carbocycles. The van der Waals surface area contributed by atoms with Crippen LogP contribution in [-0.4, -0.2) is 32.1 Å². The van der Waals surface area contributed by atoms with Crippen LogP contribution in [0.2, 0.25) is 0 Å². The first-order chi connectivity index (χ1) is 16.2. The standard InChI is InChI=1S/C25H20N6OS/c1-18(20-14-12-19(16-26)13-15-20)27-28-23(32)17-33-25-30-29-24(21-8-4-2-5-9-21)31(25)22-10-6-3-7-11-22/h2-15H,17H2,1H3,(H,28,32). The molecule has 0 saturated heterocycles. The Bertz CT molecular complexity index is 1310. The van der Waals surface area contributed by atoms with Gasteiger partial charge in [0.05, 0.1) is 23.1 Å². The van der Waals surface area contributed by atoms with E-state index in [1.807, 2.05) is 65.2 Å². The first-order valence-corrected chi connectivity index (χ1v) is 11.2. The zero-order valence-corrected chi connectivity index (χ0v) is 18.7. The van der Waals surface area contributed by atoms with Crippen LogP contribution >= 0.6 is 11.8 Å². The maximum atomic E-state index is 12.4. The van der Waals surface area contributed by atoms with Crippen molar-refractivity contribution in [2.75, 3.05) is 5.75 Å². The van der Waals surface area contributed by atoms with E-state index in [0.29, 0.717) is 22.3 Å². The van der Waals surface area contributed by atoms with Crippen LogP contribution in [0, 0.1) is 11.3 Å². The van der Waals surface area contributed by atoms with E-state index >= 15 is 0 Å². The molecule has 7 nitrogen and oxygen atoms in total. The molecule has 4 rings (SSSR count). The highest BCUT2D eigenvalue weighted by Gasteiger charge is 2.17. The van der Waals surface area contributed by atoms with Gasteiger partial charge in [-0.25, -0.2) is 5.43 Å². The van der Waals surface area contributed by atoms with Crippen molar-refractivity contribution in [2.45, 2.75) is 12.1 Å². The summed E-state index contributed by atoms with van der Waals surface area (Å²) in [6.45, 7) is 1.80. The fourth-order valence-corrected chi connectivity index (χ4v) is 3.85. The molecule has 0 radical (unpaired) electrons. The number of thioether (sulfide) groups is 1. The van der Waals surface area contributed by atoms with E-state index in [0.717, 1.165) is 16.8 Å². The Labute approximate surface area is 195 Å². The maximum absolute atomic E-state index is 12.4. The molecule has 1 N–H and O–H groups in total. The van der Waals surface area contributed by atoms with Gasteiger partial charge in [0.1, 0.15) is 0 Å². The summed E-state index contributed by atoms with van der Waals surface area (Å²) in [5, 5.41) is 22.4. The number of hydrogen-bond donors (Lipinski definition) is 1. The van der Waals surface area contributed by atoms with Gasteiger partial charge in [-0.15, -0.1) is 10.2 Å². The third kappa shape index (κ3) is 5.34. The van der Waals surface area contributed by atoms with Crippen molar-refractivity contribution < 1.29 is 4.79 Å². The monoisotopic (exact) mass is 452 g/mol. The number of para-hydroxylation sites is 1. The Kier molecular flexibility index (Phi) is 6.93. The molecule has 1 aromatic heterocycles. The summed E-state index contributed by atoms with van der Waals surface area (Å²) in [6, 6.07) is 28.7. The van der Waals surface area contributed by atoms with Crippen LogP contribution < -0.4 is 5.43 Å². The molecule has 4 aromatic rings. The van der Waals surface area contributed by atoms with Gasteiger partial charge in [0, 0.05) is 11.3 Å². The van der Waals surface area contributed by atoms with Crippen molar-refractivity contribution in [3.8, 4) is 23.1 Å². The van der Waals surface area contributed by atoms with Crippen LogP contribution in [0.15, 0.2) is 95.2 Å². The van der Waals surface area contributed by atoms with Gasteiger partial charge in [-0.05, 0) is 36.8 Å². The average molecular weight is 453 g/mol. The van der Waals surface area contributed by atoms with Crippen LogP contribution in [0.5, 0.6) is 0 Å². The third-order valence-electron chi connectivity index (χ3n) is 4.79. The second-order valence-corrected chi connectivity index (χ2v) is 8.00. The van der Waals surface area contributed by atoms with Gasteiger partial charge in [-0.3, -0.25) is 9.36 Å². The van der Waals surface area contributed by atoms with E-state index < -0.39 is 0 Å². The number of nitrogens with one attached hydrogen (secondary N) is 1. The van der Waals surface area contributed by atoms with Crippen molar-refractivity contribution in [2.24, 2.45) is 5.10 Å². The quantitative estimate of drug-likeness (QED) is 0.254. The molecule has 0 fully saturated rings. The molecule has 3 aromatic carbocycles. The number of carbonyl (C=O) groups is 1. The second kappa shape index (κ2) is 10.4. The molecule has 0 spiro atoms. The zero-order chi connectivity index (χ0) is 23.0. The van der Waals surface area contributed by atoms with Crippen molar-refractivity contribution in [3.05, 3.63) is 96.1 Å². The highest BCUT2D eigenvalue weighted by Crippen LogP contribution is 2.27. The molecule has 1 amide bonds. The highest BCUT2D eigenvalue weighted by atomic mass is 32.2. The third-order valence-corrected chi connectivity index (χ3v) is 5.72. The second-order valence-electron chi connectivity index (χ2n) is 7.05. The van der Waals surface area contributed by atoms with Gasteiger partial charge >= 0.3 is 0 Å². The summed E-state index contributed by atoms with van der Waals surface area (Å²) in [6.07, 6.45) is 0. The number of aromatic nitrogens is 3. The first-order valence-electron chi connectivity index (χ1n) is 10.2. The number of nitrogens with zero attached hydrogens (tertiary/aromatic N) is 5. The lowest BCUT2D eigenvalue weighted by Crippen LogP contribution is -2.21. The Morgan fingerprint density at radius 3 is 2.33 bits per heavy atom. The molecule has 0 unspecified atom stereocenters. The molecule has 0 atom stereocenters. The van der Waals surface area contributed by atoms with Crippen LogP contribution in [0.3, 0.4) is 0 Å². The minimum absolute atomic E-state index is 0.129. The fourth-order valence-electron chi connectivity index (χ4n) is 3.11. The summed E-state index contributed by atoms with van der Waals surface area (Å²) in [7, 11) is 0. The van der Waals surface area contributed by atoms with E-state index in [1.165, 1.54) is 11.8 Å². The minimum atomic E-state index is -0.253. The molecule has 0 bridgehead atoms. The molecule has 0 aliphatic carbocycles. The van der Waals surface area contributed by atoms with Crippen LogP contribution in [0.1, 0.15) is 18.1 Å². The number of hydrazone groups is 1. The van der Waals surface area contributed by atoms with Crippen molar-refractivity contribution in [1.82, 2.24) is 20.2 Å². The van der Waals surface area contributed by atoms with Crippen molar-refractivity contribution >= 4 is 23.4 Å². The van der Waals surface area contributed by atoms with Gasteiger partial charge < -0.3 is 0 Å². The average Bonchev–Trinajstić information content (AvgIpc) is 3.31. The Hall–Kier alpha value is -4.22. The number of hydrogen-bond acceptors (Lipinski definition) is 6. The Morgan fingerprint density at radius 1 is 1.00 bits per heavy atom. The molecule has 1 heterocycles. The maximum Gasteiger partial charge on any atom is 0.250 e. The lowest BCUT2D eigenvalue weighted by atomic mass is 10.1. The van der Waals surface area contributed by atoms with Crippen LogP contribution in [-0.2, 0) is 4.79 Å². The predicted octanol–water partition coefficient (Wildman–Crippen LogP) is 4.44. The van der Waals surface area contributed by atoms with Gasteiger partial charge in [-0.2, -0.15) is 10.4 Å². The van der Waals surface area contributed by atoms with E-state index in [4.69, 9.17) is 5.26 Å². The zero-order valence-electron chi connectivity index (χ0n) is 17.8. The Balaban J connectivity index is 1.48. The van der Waals surface area contributed by atoms with Gasteiger partial charge in [0.15, 0.2) is 11.0 Å². The lowest BCUT2D eigenvalue weighted by molar-refractivity contribution is -0.118. The molecule has 162 valence electrons. The first kappa shape index (κ1) is 22.0. The lowest BCUT2D eigenvalue weighted by Gasteiger charge is -2.10. The van der Waals surface area contributed by atoms with Gasteiger partial charge in [-0.1, -0.05) is 72.4 Å². The van der Waals surface area contributed by atoms with E-state index in [-0.39, 0.29) is 11.7 Å². The molecule has 0 aliphatic rings. The summed E-state index contributed by atoms with van der Waals surface area (Å²) < 4.78 is 1.94. The van der Waals surface area contributed by atoms with E-state index in [9.17, 15) is 4.79 Å². The summed E-state index contributed by atoms with van der Waals surface area (Å²) >= 11 is 1.29. The van der Waals surface area contributed by atoms with Crippen LogP contribution in [0.4, 0.5) is 0 Å². The van der Waals surface area contributed by atoms with Gasteiger partial charge in [0.25, 0.3) is 5.91 Å². The minimum Gasteiger partial charge on any atom is -0.272 e. The fraction of sp³-hybridized carbons (Fsp3) is 0.0800. The molecular formula is C25H20N6OS. The largest absolute Gasteiger partial charge is 0.272 e. The Morgan fingerprint density at radius 2 is 1.67 bits per heavy atom. The smallest absolute Gasteiger partial charge is 0.250 e. The van der Waals surface area contributed by atoms with Crippen molar-refractivity contribution in [3.63, 3.8) is 0 Å². The topological polar surface area (TPSA) is 96.0 Å². The number of amides is 1. The molecule has 33 heavy (non-hydrogen) atoms. The molecule has 0 aliphatic heterocycles. The molecular weight excluding hydrogens is 432 g/mol. The van der Waals surface area contributed by atoms with E-state index in [2.05, 4.69) is 26.8 Å². The van der Waals surface area contributed by atoms with Crippen LogP contribution in [0.25, 0.3) is 17.1 Å². The summed E-state index contributed by atoms with van der Waals surface area (Å²) in [5.41, 5.74) is 6.49. The van der Waals surface area contributed by atoms with Gasteiger partial charge in [0.2, 0.25) is 0 Å². The normalized spacial score (nSPS) is 11.1. The SMILES string of the molecule is CC(=NNC(=O)CSc1nnc(-c2ccccc2)n1-c1ccccc1)c1ccc(C#N)cc1. The summed E-state index contributed by atoms with van der Waals surface area (Å²) in [4.78, 5) is 12.4. The predicted molar refractivity (Wildman–Crippen MR) is 129 cm³/mol. The number of nitriles is 1. The van der Waals surface area contributed by atoms with E-state index in [1.54, 1.807) is 31.2 Å².